The predicted octanol–water partition coefficient (Wildman–Crippen LogP) is 3.99. The predicted molar refractivity (Wildman–Crippen MR) is 85.2 cm³/mol. The first-order chi connectivity index (χ1) is 10.6. The summed E-state index contributed by atoms with van der Waals surface area (Å²) < 4.78 is 31.6. The molecule has 0 unspecified atom stereocenters. The number of nitrogens with one attached hydrogen (secondary N) is 1. The second kappa shape index (κ2) is 7.64. The lowest BCUT2D eigenvalue weighted by molar-refractivity contribution is 0.342. The number of aryl methyl sites for hydroxylation is 1. The van der Waals surface area contributed by atoms with Gasteiger partial charge in [-0.05, 0) is 49.6 Å². The van der Waals surface area contributed by atoms with E-state index in [9.17, 15) is 8.78 Å². The van der Waals surface area contributed by atoms with Crippen molar-refractivity contribution < 1.29 is 13.5 Å². The summed E-state index contributed by atoms with van der Waals surface area (Å²) in [6, 6.07) is 9.23. The summed E-state index contributed by atoms with van der Waals surface area (Å²) in [5.41, 5.74) is 7.95. The van der Waals surface area contributed by atoms with E-state index in [2.05, 4.69) is 5.32 Å². The molecule has 0 heterocycles. The maximum atomic E-state index is 13.4. The average Bonchev–Trinajstić information content (AvgIpc) is 2.48. The third-order valence-electron chi connectivity index (χ3n) is 3.26. The molecule has 0 spiro atoms. The maximum absolute atomic E-state index is 13.4. The summed E-state index contributed by atoms with van der Waals surface area (Å²) >= 11 is 0. The lowest BCUT2D eigenvalue weighted by atomic mass is 10.1. The van der Waals surface area contributed by atoms with Crippen LogP contribution in [0.15, 0.2) is 36.4 Å². The quantitative estimate of drug-likeness (QED) is 0.600. The smallest absolute Gasteiger partial charge is 0.149 e. The monoisotopic (exact) mass is 306 g/mol. The van der Waals surface area contributed by atoms with Gasteiger partial charge in [-0.25, -0.2) is 8.78 Å². The summed E-state index contributed by atoms with van der Waals surface area (Å²) in [7, 11) is 0. The highest BCUT2D eigenvalue weighted by Crippen LogP contribution is 2.23. The normalized spacial score (nSPS) is 10.5. The molecule has 0 fully saturated rings. The number of hydrogen-bond donors (Lipinski definition) is 2. The Hall–Kier alpha value is -2.30. The summed E-state index contributed by atoms with van der Waals surface area (Å²) in [4.78, 5) is 0. The number of anilines is 2. The molecule has 5 heteroatoms. The van der Waals surface area contributed by atoms with Crippen molar-refractivity contribution in [3.05, 3.63) is 53.6 Å². The number of hydrogen-bond acceptors (Lipinski definition) is 3. The fourth-order valence-electron chi connectivity index (χ4n) is 2.19. The molecule has 0 bridgehead atoms. The molecule has 0 saturated carbocycles. The van der Waals surface area contributed by atoms with Gasteiger partial charge in [-0.3, -0.25) is 0 Å². The number of rotatable bonds is 7. The minimum absolute atomic E-state index is 0.313. The number of nitrogen functional groups attached to an aromatic ring is 1. The molecule has 2 aromatic rings. The number of ether oxygens (including phenoxy) is 1. The van der Waals surface area contributed by atoms with Crippen molar-refractivity contribution in [1.82, 2.24) is 0 Å². The van der Waals surface area contributed by atoms with E-state index in [1.54, 1.807) is 0 Å². The molecule has 22 heavy (non-hydrogen) atoms. The van der Waals surface area contributed by atoms with E-state index in [0.29, 0.717) is 30.3 Å². The van der Waals surface area contributed by atoms with E-state index in [1.807, 2.05) is 25.1 Å². The minimum Gasteiger partial charge on any atom is -0.492 e. The highest BCUT2D eigenvalue weighted by Gasteiger charge is 2.04. The topological polar surface area (TPSA) is 47.3 Å². The van der Waals surface area contributed by atoms with E-state index in [-0.39, 0.29) is 0 Å². The third kappa shape index (κ3) is 4.35. The van der Waals surface area contributed by atoms with Gasteiger partial charge in [0, 0.05) is 12.6 Å². The Bertz CT molecular complexity index is 632. The van der Waals surface area contributed by atoms with Crippen molar-refractivity contribution >= 4 is 11.4 Å². The zero-order valence-electron chi connectivity index (χ0n) is 12.5. The van der Waals surface area contributed by atoms with Crippen LogP contribution >= 0.6 is 0 Å². The summed E-state index contributed by atoms with van der Waals surface area (Å²) in [5.74, 6) is -0.462. The van der Waals surface area contributed by atoms with Crippen LogP contribution in [0.5, 0.6) is 5.75 Å². The molecule has 0 radical (unpaired) electrons. The van der Waals surface area contributed by atoms with Crippen molar-refractivity contribution in [2.24, 2.45) is 0 Å². The SMILES string of the molecule is CCOc1ccc(CCCNc2ccc(F)cc2F)cc1N. The molecule has 0 aromatic heterocycles. The Morgan fingerprint density at radius 1 is 1.14 bits per heavy atom. The minimum atomic E-state index is -0.578. The Morgan fingerprint density at radius 3 is 2.64 bits per heavy atom. The largest absolute Gasteiger partial charge is 0.492 e. The fraction of sp³-hybridized carbons (Fsp3) is 0.294. The highest BCUT2D eigenvalue weighted by atomic mass is 19.1. The standard InChI is InChI=1S/C17H20F2N2O/c1-2-22-17-8-5-12(10-15(17)20)4-3-9-21-16-7-6-13(18)11-14(16)19/h5-8,10-11,21H,2-4,9,20H2,1H3. The molecule has 2 rings (SSSR count). The molecule has 118 valence electrons. The van der Waals surface area contributed by atoms with Gasteiger partial charge in [0.05, 0.1) is 18.0 Å². The summed E-state index contributed by atoms with van der Waals surface area (Å²) in [6.07, 6.45) is 1.62. The van der Waals surface area contributed by atoms with Crippen molar-refractivity contribution in [2.45, 2.75) is 19.8 Å². The van der Waals surface area contributed by atoms with Gasteiger partial charge in [0.2, 0.25) is 0 Å². The maximum Gasteiger partial charge on any atom is 0.149 e. The van der Waals surface area contributed by atoms with Gasteiger partial charge in [0.1, 0.15) is 17.4 Å². The van der Waals surface area contributed by atoms with Crippen LogP contribution in [-0.2, 0) is 6.42 Å². The molecule has 2 aromatic carbocycles. The Labute approximate surface area is 129 Å². The van der Waals surface area contributed by atoms with Gasteiger partial charge in [0.25, 0.3) is 0 Å². The van der Waals surface area contributed by atoms with Crippen LogP contribution in [0, 0.1) is 11.6 Å². The van der Waals surface area contributed by atoms with Crippen LogP contribution in [0.4, 0.5) is 20.2 Å². The first-order valence-corrected chi connectivity index (χ1v) is 7.30. The molecule has 0 aliphatic rings. The van der Waals surface area contributed by atoms with Crippen LogP contribution in [0.1, 0.15) is 18.9 Å². The third-order valence-corrected chi connectivity index (χ3v) is 3.26. The summed E-state index contributed by atoms with van der Waals surface area (Å²) in [5, 5.41) is 2.96. The van der Waals surface area contributed by atoms with Crippen molar-refractivity contribution in [3.8, 4) is 5.75 Å². The molecule has 0 atom stereocenters. The summed E-state index contributed by atoms with van der Waals surface area (Å²) in [6.45, 7) is 3.08. The molecular weight excluding hydrogens is 286 g/mol. The van der Waals surface area contributed by atoms with E-state index in [0.717, 1.165) is 24.5 Å². The van der Waals surface area contributed by atoms with Crippen molar-refractivity contribution in [2.75, 3.05) is 24.2 Å². The molecule has 0 aliphatic heterocycles. The second-order valence-electron chi connectivity index (χ2n) is 4.96. The van der Waals surface area contributed by atoms with E-state index >= 15 is 0 Å². The average molecular weight is 306 g/mol. The van der Waals surface area contributed by atoms with Gasteiger partial charge in [-0.15, -0.1) is 0 Å². The van der Waals surface area contributed by atoms with E-state index in [1.165, 1.54) is 12.1 Å². The zero-order valence-corrected chi connectivity index (χ0v) is 12.5. The molecule has 0 aliphatic carbocycles. The molecule has 3 N–H and O–H groups in total. The van der Waals surface area contributed by atoms with Crippen LogP contribution in [0.25, 0.3) is 0 Å². The fourth-order valence-corrected chi connectivity index (χ4v) is 2.19. The van der Waals surface area contributed by atoms with Gasteiger partial charge >= 0.3 is 0 Å². The Kier molecular flexibility index (Phi) is 5.58. The lowest BCUT2D eigenvalue weighted by Gasteiger charge is -2.10. The molecule has 0 saturated heterocycles. The van der Waals surface area contributed by atoms with E-state index in [4.69, 9.17) is 10.5 Å². The molecule has 3 nitrogen and oxygen atoms in total. The lowest BCUT2D eigenvalue weighted by Crippen LogP contribution is -2.05. The number of nitrogens with two attached hydrogens (primary N) is 1. The Morgan fingerprint density at radius 2 is 1.95 bits per heavy atom. The number of halogens is 2. The van der Waals surface area contributed by atoms with E-state index < -0.39 is 11.6 Å². The number of benzene rings is 2. The zero-order chi connectivity index (χ0) is 15.9. The van der Waals surface area contributed by atoms with Gasteiger partial charge in [-0.2, -0.15) is 0 Å². The van der Waals surface area contributed by atoms with Crippen LogP contribution in [-0.4, -0.2) is 13.2 Å². The molecular formula is C17H20F2N2O. The van der Waals surface area contributed by atoms with Crippen LogP contribution in [0.2, 0.25) is 0 Å². The highest BCUT2D eigenvalue weighted by molar-refractivity contribution is 5.54. The Balaban J connectivity index is 1.82. The van der Waals surface area contributed by atoms with Crippen molar-refractivity contribution in [1.29, 1.82) is 0 Å². The van der Waals surface area contributed by atoms with Gasteiger partial charge < -0.3 is 15.8 Å². The van der Waals surface area contributed by atoms with Crippen LogP contribution in [0.3, 0.4) is 0 Å². The first kappa shape index (κ1) is 16.1. The van der Waals surface area contributed by atoms with Gasteiger partial charge in [-0.1, -0.05) is 6.07 Å². The second-order valence-corrected chi connectivity index (χ2v) is 4.96. The van der Waals surface area contributed by atoms with Crippen LogP contribution < -0.4 is 15.8 Å². The van der Waals surface area contributed by atoms with Gasteiger partial charge in [0.15, 0.2) is 0 Å². The first-order valence-electron chi connectivity index (χ1n) is 7.30. The molecule has 0 amide bonds. The van der Waals surface area contributed by atoms with Crippen molar-refractivity contribution in [3.63, 3.8) is 0 Å².